The highest BCUT2D eigenvalue weighted by molar-refractivity contribution is 7.92. The first-order valence-electron chi connectivity index (χ1n) is 3.53. The minimum atomic E-state index is -3.31. The Balaban J connectivity index is 3.06. The lowest BCUT2D eigenvalue weighted by Gasteiger charge is -2.01. The number of ether oxygens (including phenoxy) is 1. The van der Waals surface area contributed by atoms with E-state index in [1.54, 1.807) is 12.1 Å². The molecule has 0 aromatic heterocycles. The summed E-state index contributed by atoms with van der Waals surface area (Å²) in [5, 5.41) is -0.403. The van der Waals surface area contributed by atoms with Crippen molar-refractivity contribution in [2.24, 2.45) is 0 Å². The summed E-state index contributed by atoms with van der Waals surface area (Å²) in [5.74, 6) is 0.619. The molecule has 0 radical (unpaired) electrons. The molecule has 5 heteroatoms. The maximum atomic E-state index is 11.2. The first-order valence-corrected chi connectivity index (χ1v) is 5.71. The molecule has 0 N–H and O–H groups in total. The van der Waals surface area contributed by atoms with Gasteiger partial charge < -0.3 is 4.74 Å². The second-order valence-electron chi connectivity index (χ2n) is 2.40. The van der Waals surface area contributed by atoms with E-state index < -0.39 is 15.0 Å². The Morgan fingerprint density at radius 3 is 2.23 bits per heavy atom. The molecule has 0 aliphatic heterocycles. The standard InChI is InChI=1S/C8H9ClO3S/c1-12-7-2-4-8(5-3-7)13(10,11)6-9/h2-5H,6H2,1H3. The number of halogens is 1. The number of methoxy groups -OCH3 is 1. The van der Waals surface area contributed by atoms with Gasteiger partial charge in [-0.2, -0.15) is 0 Å². The van der Waals surface area contributed by atoms with Gasteiger partial charge in [0, 0.05) is 0 Å². The molecular weight excluding hydrogens is 212 g/mol. The fourth-order valence-corrected chi connectivity index (χ4v) is 1.90. The largest absolute Gasteiger partial charge is 0.497 e. The van der Waals surface area contributed by atoms with Crippen LogP contribution in [0.15, 0.2) is 29.2 Å². The number of sulfone groups is 1. The number of alkyl halides is 1. The monoisotopic (exact) mass is 220 g/mol. The summed E-state index contributed by atoms with van der Waals surface area (Å²) in [6.45, 7) is 0. The Morgan fingerprint density at radius 2 is 1.85 bits per heavy atom. The molecule has 0 aliphatic rings. The van der Waals surface area contributed by atoms with Crippen LogP contribution in [0.4, 0.5) is 0 Å². The van der Waals surface area contributed by atoms with Crippen LogP contribution in [0.25, 0.3) is 0 Å². The van der Waals surface area contributed by atoms with Crippen LogP contribution in [-0.4, -0.2) is 20.7 Å². The molecule has 0 heterocycles. The Labute approximate surface area is 82.2 Å². The van der Waals surface area contributed by atoms with E-state index in [-0.39, 0.29) is 4.90 Å². The highest BCUT2D eigenvalue weighted by atomic mass is 35.5. The van der Waals surface area contributed by atoms with Crippen molar-refractivity contribution in [2.75, 3.05) is 12.3 Å². The van der Waals surface area contributed by atoms with Crippen LogP contribution in [0.5, 0.6) is 5.75 Å². The number of rotatable bonds is 3. The first kappa shape index (κ1) is 10.3. The summed E-state index contributed by atoms with van der Waals surface area (Å²) < 4.78 is 27.3. The molecule has 1 rings (SSSR count). The van der Waals surface area contributed by atoms with E-state index >= 15 is 0 Å². The molecule has 1 aromatic rings. The molecule has 0 amide bonds. The molecule has 0 fully saturated rings. The van der Waals surface area contributed by atoms with Crippen LogP contribution in [0, 0.1) is 0 Å². The predicted molar refractivity (Wildman–Crippen MR) is 50.9 cm³/mol. The lowest BCUT2D eigenvalue weighted by Crippen LogP contribution is -2.01. The SMILES string of the molecule is COc1ccc(S(=O)(=O)CCl)cc1. The van der Waals surface area contributed by atoms with Crippen LogP contribution in [0.2, 0.25) is 0 Å². The lowest BCUT2D eigenvalue weighted by atomic mass is 10.3. The predicted octanol–water partition coefficient (Wildman–Crippen LogP) is 1.67. The zero-order valence-corrected chi connectivity index (χ0v) is 8.60. The van der Waals surface area contributed by atoms with E-state index in [4.69, 9.17) is 16.3 Å². The van der Waals surface area contributed by atoms with Crippen LogP contribution in [0.1, 0.15) is 0 Å². The van der Waals surface area contributed by atoms with Crippen molar-refractivity contribution in [3.05, 3.63) is 24.3 Å². The van der Waals surface area contributed by atoms with Crippen molar-refractivity contribution in [1.29, 1.82) is 0 Å². The van der Waals surface area contributed by atoms with E-state index in [1.165, 1.54) is 19.2 Å². The minimum absolute atomic E-state index is 0.211. The van der Waals surface area contributed by atoms with Crippen LogP contribution < -0.4 is 4.74 Å². The average molecular weight is 221 g/mol. The Bertz CT molecular complexity index is 369. The Kier molecular flexibility index (Phi) is 3.17. The van der Waals surface area contributed by atoms with Crippen molar-refractivity contribution in [2.45, 2.75) is 4.90 Å². The van der Waals surface area contributed by atoms with Gasteiger partial charge in [-0.3, -0.25) is 0 Å². The maximum Gasteiger partial charge on any atom is 0.192 e. The number of benzene rings is 1. The molecule has 0 aliphatic carbocycles. The third kappa shape index (κ3) is 2.35. The highest BCUT2D eigenvalue weighted by Gasteiger charge is 2.11. The zero-order chi connectivity index (χ0) is 9.90. The molecule has 0 unspecified atom stereocenters. The van der Waals surface area contributed by atoms with Gasteiger partial charge in [0.05, 0.1) is 12.0 Å². The highest BCUT2D eigenvalue weighted by Crippen LogP contribution is 2.16. The van der Waals surface area contributed by atoms with E-state index in [0.29, 0.717) is 5.75 Å². The molecule has 0 saturated carbocycles. The van der Waals surface area contributed by atoms with Crippen molar-refractivity contribution in [3.63, 3.8) is 0 Å². The number of hydrogen-bond donors (Lipinski definition) is 0. The molecule has 0 spiro atoms. The summed E-state index contributed by atoms with van der Waals surface area (Å²) in [6, 6.07) is 6.10. The second-order valence-corrected chi connectivity index (χ2v) is 4.97. The van der Waals surface area contributed by atoms with Gasteiger partial charge in [-0.1, -0.05) is 0 Å². The van der Waals surface area contributed by atoms with Crippen molar-refractivity contribution >= 4 is 21.4 Å². The van der Waals surface area contributed by atoms with E-state index in [9.17, 15) is 8.42 Å². The Hall–Kier alpha value is -0.740. The lowest BCUT2D eigenvalue weighted by molar-refractivity contribution is 0.414. The zero-order valence-electron chi connectivity index (χ0n) is 7.03. The quantitative estimate of drug-likeness (QED) is 0.728. The molecule has 72 valence electrons. The fourth-order valence-electron chi connectivity index (χ4n) is 0.846. The van der Waals surface area contributed by atoms with Gasteiger partial charge in [0.1, 0.15) is 11.0 Å². The second kappa shape index (κ2) is 3.98. The van der Waals surface area contributed by atoms with Crippen molar-refractivity contribution in [3.8, 4) is 5.75 Å². The third-order valence-corrected chi connectivity index (χ3v) is 3.70. The van der Waals surface area contributed by atoms with Crippen LogP contribution in [-0.2, 0) is 9.84 Å². The summed E-state index contributed by atoms with van der Waals surface area (Å²) in [5.41, 5.74) is 0. The summed E-state index contributed by atoms with van der Waals surface area (Å²) in [6.07, 6.45) is 0. The van der Waals surface area contributed by atoms with Crippen LogP contribution >= 0.6 is 11.6 Å². The van der Waals surface area contributed by atoms with Gasteiger partial charge in [-0.05, 0) is 24.3 Å². The summed E-state index contributed by atoms with van der Waals surface area (Å²) in [4.78, 5) is 0.211. The van der Waals surface area contributed by atoms with Crippen molar-refractivity contribution in [1.82, 2.24) is 0 Å². The van der Waals surface area contributed by atoms with Crippen LogP contribution in [0.3, 0.4) is 0 Å². The van der Waals surface area contributed by atoms with Gasteiger partial charge in [0.15, 0.2) is 9.84 Å². The molecule has 1 aromatic carbocycles. The smallest absolute Gasteiger partial charge is 0.192 e. The third-order valence-electron chi connectivity index (χ3n) is 1.56. The minimum Gasteiger partial charge on any atom is -0.497 e. The van der Waals surface area contributed by atoms with E-state index in [1.807, 2.05) is 0 Å². The van der Waals surface area contributed by atoms with E-state index in [2.05, 4.69) is 0 Å². The molecule has 0 atom stereocenters. The van der Waals surface area contributed by atoms with Gasteiger partial charge in [-0.15, -0.1) is 11.6 Å². The van der Waals surface area contributed by atoms with Gasteiger partial charge in [-0.25, -0.2) is 8.42 Å². The number of hydrogen-bond acceptors (Lipinski definition) is 3. The average Bonchev–Trinajstić information content (AvgIpc) is 2.18. The van der Waals surface area contributed by atoms with Gasteiger partial charge in [0.25, 0.3) is 0 Å². The Morgan fingerprint density at radius 1 is 1.31 bits per heavy atom. The molecular formula is C8H9ClO3S. The first-order chi connectivity index (χ1) is 6.10. The molecule has 0 bridgehead atoms. The normalized spacial score (nSPS) is 11.2. The van der Waals surface area contributed by atoms with Crippen molar-refractivity contribution < 1.29 is 13.2 Å². The molecule has 13 heavy (non-hydrogen) atoms. The van der Waals surface area contributed by atoms with E-state index in [0.717, 1.165) is 0 Å². The molecule has 3 nitrogen and oxygen atoms in total. The van der Waals surface area contributed by atoms with Gasteiger partial charge >= 0.3 is 0 Å². The van der Waals surface area contributed by atoms with Gasteiger partial charge in [0.2, 0.25) is 0 Å². The maximum absolute atomic E-state index is 11.2. The summed E-state index contributed by atoms with van der Waals surface area (Å²) >= 11 is 5.28. The molecule has 0 saturated heterocycles. The fraction of sp³-hybridized carbons (Fsp3) is 0.250. The summed E-state index contributed by atoms with van der Waals surface area (Å²) in [7, 11) is -1.79. The topological polar surface area (TPSA) is 43.4 Å².